The molecule has 1 aliphatic rings. The Hall–Kier alpha value is -1.68. The zero-order chi connectivity index (χ0) is 10.8. The molecule has 2 rings (SSSR count). The van der Waals surface area contributed by atoms with Gasteiger partial charge in [0.25, 0.3) is 0 Å². The Bertz CT molecular complexity index is 382. The number of anilines is 1. The third-order valence-corrected chi connectivity index (χ3v) is 2.34. The lowest BCUT2D eigenvalue weighted by atomic mass is 10.2. The van der Waals surface area contributed by atoms with Crippen molar-refractivity contribution >= 4 is 17.5 Å². The van der Waals surface area contributed by atoms with Crippen molar-refractivity contribution in [2.75, 3.05) is 18.0 Å². The van der Waals surface area contributed by atoms with Gasteiger partial charge in [0.1, 0.15) is 0 Å². The first-order valence-electron chi connectivity index (χ1n) is 4.81. The van der Waals surface area contributed by atoms with Crippen LogP contribution in [0.3, 0.4) is 0 Å². The number of hydrogen-bond acceptors (Lipinski definition) is 3. The fourth-order valence-corrected chi connectivity index (χ4v) is 1.56. The molecule has 1 aromatic carbocycles. The minimum Gasteiger partial charge on any atom is -0.300 e. The van der Waals surface area contributed by atoms with Gasteiger partial charge < -0.3 is 0 Å². The summed E-state index contributed by atoms with van der Waals surface area (Å²) in [5.41, 5.74) is 1.76. The molecule has 1 aromatic rings. The molecule has 0 bridgehead atoms. The lowest BCUT2D eigenvalue weighted by molar-refractivity contribution is -0.127. The van der Waals surface area contributed by atoms with Gasteiger partial charge in [-0.1, -0.05) is 17.7 Å². The first-order chi connectivity index (χ1) is 7.18. The second-order valence-electron chi connectivity index (χ2n) is 3.56. The van der Waals surface area contributed by atoms with Crippen molar-refractivity contribution in [2.45, 2.75) is 6.92 Å². The monoisotopic (exact) mass is 204 g/mol. The van der Waals surface area contributed by atoms with Crippen LogP contribution in [0.15, 0.2) is 24.3 Å². The summed E-state index contributed by atoms with van der Waals surface area (Å²) in [6.45, 7) is 2.41. The molecule has 1 aliphatic heterocycles. The molecule has 15 heavy (non-hydrogen) atoms. The molecule has 4 heteroatoms. The van der Waals surface area contributed by atoms with E-state index in [1.807, 2.05) is 19.1 Å². The van der Waals surface area contributed by atoms with Crippen molar-refractivity contribution < 1.29 is 9.59 Å². The minimum absolute atomic E-state index is 0.199. The van der Waals surface area contributed by atoms with Crippen LogP contribution in [-0.2, 0) is 9.59 Å². The van der Waals surface area contributed by atoms with Gasteiger partial charge in [0, 0.05) is 0 Å². The van der Waals surface area contributed by atoms with Crippen LogP contribution in [0, 0.1) is 6.92 Å². The second kappa shape index (κ2) is 3.82. The number of benzene rings is 1. The quantitative estimate of drug-likeness (QED) is 0.676. The molecule has 0 radical (unpaired) electrons. The van der Waals surface area contributed by atoms with Crippen LogP contribution in [0.2, 0.25) is 0 Å². The maximum absolute atomic E-state index is 11.5. The summed E-state index contributed by atoms with van der Waals surface area (Å²) >= 11 is 0. The molecule has 0 spiro atoms. The minimum atomic E-state index is -0.199. The summed E-state index contributed by atoms with van der Waals surface area (Å²) < 4.78 is 0. The molecule has 1 N–H and O–H groups in total. The zero-order valence-electron chi connectivity index (χ0n) is 8.49. The number of imide groups is 1. The molecule has 2 amide bonds. The number of nitrogens with zero attached hydrogens (tertiary/aromatic N) is 1. The molecule has 78 valence electrons. The molecule has 0 aromatic heterocycles. The summed E-state index contributed by atoms with van der Waals surface area (Å²) in [6.07, 6.45) is 0. The number of carbonyl (C=O) groups is 2. The van der Waals surface area contributed by atoms with Crippen molar-refractivity contribution in [3.8, 4) is 0 Å². The Kier molecular flexibility index (Phi) is 2.51. The normalized spacial score (nSPS) is 17.0. The van der Waals surface area contributed by atoms with Crippen LogP contribution in [0.1, 0.15) is 5.56 Å². The predicted octanol–water partition coefficient (Wildman–Crippen LogP) is 0.458. The number of hydrogen-bond donors (Lipinski definition) is 1. The molecule has 0 atom stereocenters. The van der Waals surface area contributed by atoms with Crippen molar-refractivity contribution in [1.29, 1.82) is 0 Å². The van der Waals surface area contributed by atoms with Gasteiger partial charge in [-0.15, -0.1) is 0 Å². The molecule has 0 aliphatic carbocycles. The smallest absolute Gasteiger partial charge is 0.247 e. The van der Waals surface area contributed by atoms with E-state index >= 15 is 0 Å². The number of aryl methyl sites for hydroxylation is 1. The number of nitrogens with one attached hydrogen (secondary N) is 1. The Morgan fingerprint density at radius 1 is 1.07 bits per heavy atom. The summed E-state index contributed by atoms with van der Waals surface area (Å²) in [5.74, 6) is -0.398. The van der Waals surface area contributed by atoms with E-state index in [4.69, 9.17) is 0 Å². The largest absolute Gasteiger partial charge is 0.300 e. The van der Waals surface area contributed by atoms with Crippen LogP contribution in [-0.4, -0.2) is 24.9 Å². The van der Waals surface area contributed by atoms with Crippen LogP contribution in [0.25, 0.3) is 0 Å². The SMILES string of the molecule is Cc1ccc(N2C(=O)CNCC2=O)cc1. The number of amides is 2. The highest BCUT2D eigenvalue weighted by Crippen LogP contribution is 2.16. The zero-order valence-corrected chi connectivity index (χ0v) is 8.49. The van der Waals surface area contributed by atoms with E-state index in [1.54, 1.807) is 12.1 Å². The van der Waals surface area contributed by atoms with Gasteiger partial charge in [-0.2, -0.15) is 0 Å². The average molecular weight is 204 g/mol. The maximum Gasteiger partial charge on any atom is 0.247 e. The summed E-state index contributed by atoms with van der Waals surface area (Å²) in [4.78, 5) is 24.3. The van der Waals surface area contributed by atoms with Crippen molar-refractivity contribution in [3.63, 3.8) is 0 Å². The summed E-state index contributed by atoms with van der Waals surface area (Å²) in [7, 11) is 0. The molecular formula is C11H12N2O2. The molecule has 1 saturated heterocycles. The van der Waals surface area contributed by atoms with E-state index in [0.29, 0.717) is 5.69 Å². The van der Waals surface area contributed by atoms with Gasteiger partial charge in [-0.05, 0) is 19.1 Å². The highest BCUT2D eigenvalue weighted by Gasteiger charge is 2.26. The van der Waals surface area contributed by atoms with E-state index in [2.05, 4.69) is 5.32 Å². The molecule has 0 unspecified atom stereocenters. The lowest BCUT2D eigenvalue weighted by Crippen LogP contribution is -2.52. The van der Waals surface area contributed by atoms with E-state index in [0.717, 1.165) is 5.56 Å². The first-order valence-corrected chi connectivity index (χ1v) is 4.81. The van der Waals surface area contributed by atoms with Crippen molar-refractivity contribution in [3.05, 3.63) is 29.8 Å². The lowest BCUT2D eigenvalue weighted by Gasteiger charge is -2.25. The maximum atomic E-state index is 11.5. The molecule has 1 heterocycles. The van der Waals surface area contributed by atoms with Crippen molar-refractivity contribution in [1.82, 2.24) is 5.32 Å². The van der Waals surface area contributed by atoms with Gasteiger partial charge in [0.15, 0.2) is 0 Å². The van der Waals surface area contributed by atoms with Crippen molar-refractivity contribution in [2.24, 2.45) is 0 Å². The summed E-state index contributed by atoms with van der Waals surface area (Å²) in [5, 5.41) is 2.75. The molecule has 0 saturated carbocycles. The molecule has 1 fully saturated rings. The fourth-order valence-electron chi connectivity index (χ4n) is 1.56. The highest BCUT2D eigenvalue weighted by molar-refractivity contribution is 6.17. The van der Waals surface area contributed by atoms with Crippen LogP contribution in [0.4, 0.5) is 5.69 Å². The third kappa shape index (κ3) is 1.89. The van der Waals surface area contributed by atoms with E-state index < -0.39 is 0 Å². The van der Waals surface area contributed by atoms with Gasteiger partial charge in [0.2, 0.25) is 11.8 Å². The first kappa shape index (κ1) is 9.86. The van der Waals surface area contributed by atoms with Crippen LogP contribution in [0.5, 0.6) is 0 Å². The summed E-state index contributed by atoms with van der Waals surface area (Å²) in [6, 6.07) is 7.35. The molecule has 4 nitrogen and oxygen atoms in total. The Balaban J connectivity index is 2.31. The predicted molar refractivity (Wildman–Crippen MR) is 56.5 cm³/mol. The number of rotatable bonds is 1. The topological polar surface area (TPSA) is 49.4 Å². The van der Waals surface area contributed by atoms with Gasteiger partial charge in [0.05, 0.1) is 18.8 Å². The number of piperazine rings is 1. The Morgan fingerprint density at radius 3 is 2.13 bits per heavy atom. The van der Waals surface area contributed by atoms with E-state index in [-0.39, 0.29) is 24.9 Å². The van der Waals surface area contributed by atoms with Gasteiger partial charge >= 0.3 is 0 Å². The van der Waals surface area contributed by atoms with Crippen LogP contribution >= 0.6 is 0 Å². The van der Waals surface area contributed by atoms with Gasteiger partial charge in [-0.3, -0.25) is 14.9 Å². The van der Waals surface area contributed by atoms with E-state index in [1.165, 1.54) is 4.90 Å². The second-order valence-corrected chi connectivity index (χ2v) is 3.56. The Labute approximate surface area is 87.9 Å². The molecular weight excluding hydrogens is 192 g/mol. The highest BCUT2D eigenvalue weighted by atomic mass is 16.2. The number of carbonyl (C=O) groups excluding carboxylic acids is 2. The van der Waals surface area contributed by atoms with E-state index in [9.17, 15) is 9.59 Å². The third-order valence-electron chi connectivity index (χ3n) is 2.34. The van der Waals surface area contributed by atoms with Crippen LogP contribution < -0.4 is 10.2 Å². The van der Waals surface area contributed by atoms with Gasteiger partial charge in [-0.25, -0.2) is 4.90 Å². The Morgan fingerprint density at radius 2 is 1.60 bits per heavy atom. The fraction of sp³-hybridized carbons (Fsp3) is 0.273. The average Bonchev–Trinajstić information content (AvgIpc) is 2.20. The standard InChI is InChI=1S/C11H12N2O2/c1-8-2-4-9(5-3-8)13-10(14)6-12-7-11(13)15/h2-5,12H,6-7H2,1H3.